The molecule has 0 spiro atoms. The number of aryl methyl sites for hydroxylation is 1. The van der Waals surface area contributed by atoms with Gasteiger partial charge in [-0.15, -0.1) is 10.2 Å². The Kier molecular flexibility index (Phi) is 6.69. The first kappa shape index (κ1) is 20.5. The molecule has 1 aliphatic rings. The van der Waals surface area contributed by atoms with Crippen molar-refractivity contribution in [2.45, 2.75) is 37.8 Å². The Morgan fingerprint density at radius 2 is 1.77 bits per heavy atom. The van der Waals surface area contributed by atoms with E-state index in [1.54, 1.807) is 6.33 Å². The molecule has 0 atom stereocenters. The van der Waals surface area contributed by atoms with E-state index < -0.39 is 0 Å². The predicted octanol–water partition coefficient (Wildman–Crippen LogP) is 4.69. The first-order chi connectivity index (χ1) is 14.7. The van der Waals surface area contributed by atoms with E-state index >= 15 is 0 Å². The van der Waals surface area contributed by atoms with Crippen molar-refractivity contribution in [3.8, 4) is 5.69 Å². The second-order valence-corrected chi connectivity index (χ2v) is 8.50. The lowest BCUT2D eigenvalue weighted by Crippen LogP contribution is -2.23. The molecule has 0 radical (unpaired) electrons. The molecule has 1 aromatic heterocycles. The Bertz CT molecular complexity index is 977. The topological polar surface area (TPSA) is 63.1 Å². The summed E-state index contributed by atoms with van der Waals surface area (Å²) in [7, 11) is 0. The number of carbonyl (C=O) groups is 1. The molecule has 6 nitrogen and oxygen atoms in total. The van der Waals surface area contributed by atoms with Crippen molar-refractivity contribution in [1.82, 2.24) is 14.8 Å². The van der Waals surface area contributed by atoms with Gasteiger partial charge in [-0.25, -0.2) is 0 Å². The molecule has 7 heteroatoms. The summed E-state index contributed by atoms with van der Waals surface area (Å²) in [5, 5.41) is 11.9. The molecule has 0 unspecified atom stereocenters. The quantitative estimate of drug-likeness (QED) is 0.585. The maximum Gasteiger partial charge on any atom is 0.234 e. The van der Waals surface area contributed by atoms with Crippen LogP contribution in [0.1, 0.15) is 31.2 Å². The summed E-state index contributed by atoms with van der Waals surface area (Å²) in [5.74, 6) is 0.222. The van der Waals surface area contributed by atoms with E-state index in [2.05, 4.69) is 32.5 Å². The lowest BCUT2D eigenvalue weighted by atomic mass is 10.2. The minimum atomic E-state index is -0.0538. The largest absolute Gasteiger partial charge is 0.372 e. The van der Waals surface area contributed by atoms with Crippen LogP contribution in [0.4, 0.5) is 11.4 Å². The van der Waals surface area contributed by atoms with Crippen molar-refractivity contribution in [2.75, 3.05) is 29.1 Å². The zero-order valence-corrected chi connectivity index (χ0v) is 18.1. The van der Waals surface area contributed by atoms with Gasteiger partial charge < -0.3 is 10.2 Å². The molecule has 0 aliphatic carbocycles. The van der Waals surface area contributed by atoms with Gasteiger partial charge in [0, 0.05) is 24.5 Å². The number of hydrogen-bond donors (Lipinski definition) is 1. The smallest absolute Gasteiger partial charge is 0.234 e. The third kappa shape index (κ3) is 5.02. The highest BCUT2D eigenvalue weighted by molar-refractivity contribution is 7.99. The molecule has 1 fully saturated rings. The maximum absolute atomic E-state index is 12.5. The van der Waals surface area contributed by atoms with Crippen molar-refractivity contribution in [3.05, 3.63) is 60.4 Å². The van der Waals surface area contributed by atoms with Crippen molar-refractivity contribution in [1.29, 1.82) is 0 Å². The van der Waals surface area contributed by atoms with Gasteiger partial charge in [0.2, 0.25) is 5.91 Å². The predicted molar refractivity (Wildman–Crippen MR) is 123 cm³/mol. The molecule has 3 aromatic rings. The number of rotatable bonds is 6. The average Bonchev–Trinajstić information content (AvgIpc) is 3.05. The van der Waals surface area contributed by atoms with Crippen molar-refractivity contribution < 1.29 is 4.79 Å². The lowest BCUT2D eigenvalue weighted by molar-refractivity contribution is -0.113. The Morgan fingerprint density at radius 1 is 1.03 bits per heavy atom. The second kappa shape index (κ2) is 9.80. The van der Waals surface area contributed by atoms with E-state index in [1.165, 1.54) is 43.1 Å². The fraction of sp³-hybridized carbons (Fsp3) is 0.348. The Hall–Kier alpha value is -2.80. The third-order valence-corrected chi connectivity index (χ3v) is 6.29. The van der Waals surface area contributed by atoms with Gasteiger partial charge in [0.25, 0.3) is 0 Å². The number of nitrogens with zero attached hydrogens (tertiary/aromatic N) is 4. The highest BCUT2D eigenvalue weighted by Crippen LogP contribution is 2.23. The first-order valence-electron chi connectivity index (χ1n) is 10.4. The Labute approximate surface area is 181 Å². The van der Waals surface area contributed by atoms with Crippen LogP contribution < -0.4 is 10.2 Å². The highest BCUT2D eigenvalue weighted by Gasteiger charge is 2.13. The highest BCUT2D eigenvalue weighted by atomic mass is 32.2. The standard InChI is InChI=1S/C23H27N5OS/c1-18-8-4-5-9-21(18)28-17-24-26-23(28)30-16-22(29)25-19-10-12-20(13-11-19)27-14-6-2-3-7-15-27/h4-5,8-13,17H,2-3,6-7,14-16H2,1H3,(H,25,29). The van der Waals surface area contributed by atoms with Crippen LogP contribution >= 0.6 is 11.8 Å². The van der Waals surface area contributed by atoms with Gasteiger partial charge >= 0.3 is 0 Å². The summed E-state index contributed by atoms with van der Waals surface area (Å²) in [6, 6.07) is 16.2. The molecule has 1 saturated heterocycles. The number of aromatic nitrogens is 3. The monoisotopic (exact) mass is 421 g/mol. The molecule has 1 aliphatic heterocycles. The normalized spacial score (nSPS) is 14.4. The SMILES string of the molecule is Cc1ccccc1-n1cnnc1SCC(=O)Nc1ccc(N2CCCCCC2)cc1. The Balaban J connectivity index is 1.34. The first-order valence-corrected chi connectivity index (χ1v) is 11.4. The number of carbonyl (C=O) groups excluding carboxylic acids is 1. The Morgan fingerprint density at radius 3 is 2.50 bits per heavy atom. The van der Waals surface area contributed by atoms with Crippen molar-refractivity contribution in [2.24, 2.45) is 0 Å². The van der Waals surface area contributed by atoms with Crippen LogP contribution in [0.3, 0.4) is 0 Å². The number of anilines is 2. The minimum absolute atomic E-state index is 0.0538. The minimum Gasteiger partial charge on any atom is -0.372 e. The van der Waals surface area contributed by atoms with Crippen LogP contribution in [0.5, 0.6) is 0 Å². The van der Waals surface area contributed by atoms with Crippen LogP contribution in [0, 0.1) is 6.92 Å². The molecule has 1 N–H and O–H groups in total. The summed E-state index contributed by atoms with van der Waals surface area (Å²) in [4.78, 5) is 14.9. The van der Waals surface area contributed by atoms with Gasteiger partial charge in [-0.1, -0.05) is 42.8 Å². The van der Waals surface area contributed by atoms with E-state index in [0.29, 0.717) is 5.16 Å². The van der Waals surface area contributed by atoms with E-state index in [0.717, 1.165) is 30.0 Å². The fourth-order valence-corrected chi connectivity index (χ4v) is 4.46. The molecule has 4 rings (SSSR count). The maximum atomic E-state index is 12.5. The van der Waals surface area contributed by atoms with Crippen LogP contribution in [0.15, 0.2) is 60.0 Å². The molecule has 0 saturated carbocycles. The molecular weight excluding hydrogens is 394 g/mol. The number of thioether (sulfide) groups is 1. The molecule has 156 valence electrons. The van der Waals surface area contributed by atoms with Gasteiger partial charge in [-0.3, -0.25) is 9.36 Å². The number of benzene rings is 2. The van der Waals surface area contributed by atoms with Gasteiger partial charge in [0.15, 0.2) is 5.16 Å². The molecular formula is C23H27N5OS. The van der Waals surface area contributed by atoms with Crippen LogP contribution in [-0.2, 0) is 4.79 Å². The summed E-state index contributed by atoms with van der Waals surface area (Å²) in [5.41, 5.74) is 4.21. The second-order valence-electron chi connectivity index (χ2n) is 7.55. The number of para-hydroxylation sites is 1. The lowest BCUT2D eigenvalue weighted by Gasteiger charge is -2.22. The molecule has 1 amide bonds. The summed E-state index contributed by atoms with van der Waals surface area (Å²) < 4.78 is 1.92. The summed E-state index contributed by atoms with van der Waals surface area (Å²) in [6.45, 7) is 4.28. The average molecular weight is 422 g/mol. The van der Waals surface area contributed by atoms with E-state index in [4.69, 9.17) is 0 Å². The van der Waals surface area contributed by atoms with Gasteiger partial charge in [0.1, 0.15) is 6.33 Å². The van der Waals surface area contributed by atoms with Gasteiger partial charge in [-0.2, -0.15) is 0 Å². The zero-order chi connectivity index (χ0) is 20.8. The number of hydrogen-bond acceptors (Lipinski definition) is 5. The van der Waals surface area contributed by atoms with E-state index in [-0.39, 0.29) is 11.7 Å². The van der Waals surface area contributed by atoms with Gasteiger partial charge in [0.05, 0.1) is 11.4 Å². The molecule has 2 aromatic carbocycles. The van der Waals surface area contributed by atoms with Gasteiger partial charge in [-0.05, 0) is 55.7 Å². The number of nitrogens with one attached hydrogen (secondary N) is 1. The third-order valence-electron chi connectivity index (χ3n) is 5.35. The van der Waals surface area contributed by atoms with Crippen molar-refractivity contribution in [3.63, 3.8) is 0 Å². The molecule has 2 heterocycles. The fourth-order valence-electron chi connectivity index (χ4n) is 3.73. The zero-order valence-electron chi connectivity index (χ0n) is 17.3. The molecule has 30 heavy (non-hydrogen) atoms. The van der Waals surface area contributed by atoms with E-state index in [9.17, 15) is 4.79 Å². The van der Waals surface area contributed by atoms with Crippen LogP contribution in [0.25, 0.3) is 5.69 Å². The molecule has 0 bridgehead atoms. The summed E-state index contributed by atoms with van der Waals surface area (Å²) >= 11 is 1.38. The van der Waals surface area contributed by atoms with Crippen LogP contribution in [0.2, 0.25) is 0 Å². The summed E-state index contributed by atoms with van der Waals surface area (Å²) in [6.07, 6.45) is 6.83. The number of amides is 1. The van der Waals surface area contributed by atoms with E-state index in [1.807, 2.05) is 47.9 Å². The van der Waals surface area contributed by atoms with Crippen molar-refractivity contribution >= 4 is 29.0 Å². The van der Waals surface area contributed by atoms with Crippen LogP contribution in [-0.4, -0.2) is 39.5 Å².